The number of nitrogens with zero attached hydrogens (tertiary/aromatic N) is 4. The van der Waals surface area contributed by atoms with Gasteiger partial charge in [0, 0.05) is 82.9 Å². The van der Waals surface area contributed by atoms with E-state index in [1.807, 2.05) is 38.4 Å². The van der Waals surface area contributed by atoms with E-state index in [1.165, 1.54) is 0 Å². The van der Waals surface area contributed by atoms with Crippen molar-refractivity contribution in [2.24, 2.45) is 9.98 Å². The Labute approximate surface area is 200 Å². The molecule has 0 saturated heterocycles. The van der Waals surface area contributed by atoms with Crippen LogP contribution in [0.2, 0.25) is 0 Å². The highest BCUT2D eigenvalue weighted by Gasteiger charge is 2.14. The Morgan fingerprint density at radius 1 is 0.742 bits per heavy atom. The van der Waals surface area contributed by atoms with E-state index in [0.29, 0.717) is 37.3 Å². The van der Waals surface area contributed by atoms with Crippen molar-refractivity contribution in [1.29, 1.82) is 0 Å². The second kappa shape index (κ2) is 11.2. The third-order valence-corrected chi connectivity index (χ3v) is 6.64. The molecule has 31 heavy (non-hydrogen) atoms. The number of halogens is 2. The summed E-state index contributed by atoms with van der Waals surface area (Å²) in [6, 6.07) is 7.79. The fourth-order valence-corrected chi connectivity index (χ4v) is 4.25. The zero-order valence-electron chi connectivity index (χ0n) is 17.9. The molecule has 0 aromatic heterocycles. The van der Waals surface area contributed by atoms with Gasteiger partial charge in [-0.25, -0.2) is 0 Å². The average Bonchev–Trinajstić information content (AvgIpc) is 2.73. The van der Waals surface area contributed by atoms with Crippen LogP contribution >= 0.6 is 31.9 Å². The van der Waals surface area contributed by atoms with Gasteiger partial charge in [-0.2, -0.15) is 0 Å². The first-order valence-electron chi connectivity index (χ1n) is 10.2. The van der Waals surface area contributed by atoms with Gasteiger partial charge in [-0.3, -0.25) is 9.98 Å². The first-order valence-corrected chi connectivity index (χ1v) is 11.8. The number of likely N-dealkylation sites (N-methyl/N-ethyl adjacent to an activating group) is 2. The molecule has 0 radical (unpaired) electrons. The second-order valence-corrected chi connectivity index (χ2v) is 9.55. The van der Waals surface area contributed by atoms with Gasteiger partial charge in [0.25, 0.3) is 0 Å². The number of aliphatic imine (C=N–C) groups is 2. The first-order chi connectivity index (χ1) is 14.9. The average molecular weight is 552 g/mol. The Kier molecular flexibility index (Phi) is 8.66. The van der Waals surface area contributed by atoms with E-state index < -0.39 is 0 Å². The Balaban J connectivity index is 1.86. The maximum absolute atomic E-state index is 10.8. The third-order valence-electron chi connectivity index (χ3n) is 5.25. The van der Waals surface area contributed by atoms with Gasteiger partial charge >= 0.3 is 0 Å². The quantitative estimate of drug-likeness (QED) is 0.508. The van der Waals surface area contributed by atoms with Gasteiger partial charge in [0.15, 0.2) is 0 Å². The summed E-state index contributed by atoms with van der Waals surface area (Å²) in [5.41, 5.74) is 3.14. The molecule has 6 nitrogen and oxygen atoms in total. The monoisotopic (exact) mass is 550 g/mol. The maximum Gasteiger partial charge on any atom is 0.129 e. The zero-order chi connectivity index (χ0) is 22.4. The van der Waals surface area contributed by atoms with Crippen molar-refractivity contribution < 1.29 is 10.2 Å². The van der Waals surface area contributed by atoms with E-state index in [2.05, 4.69) is 51.6 Å². The highest BCUT2D eigenvalue weighted by atomic mass is 79.9. The largest absolute Gasteiger partial charge is 0.507 e. The van der Waals surface area contributed by atoms with Crippen LogP contribution in [0.3, 0.4) is 0 Å². The van der Waals surface area contributed by atoms with Crippen LogP contribution < -0.4 is 0 Å². The number of aromatic hydroxyl groups is 2. The molecule has 0 unspecified atom stereocenters. The molecule has 166 valence electrons. The van der Waals surface area contributed by atoms with Crippen LogP contribution in [0.5, 0.6) is 11.5 Å². The van der Waals surface area contributed by atoms with Crippen molar-refractivity contribution in [3.63, 3.8) is 0 Å². The minimum Gasteiger partial charge on any atom is -0.507 e. The minimum atomic E-state index is 0.264. The topological polar surface area (TPSA) is 71.7 Å². The van der Waals surface area contributed by atoms with Gasteiger partial charge in [-0.15, -0.1) is 0 Å². The van der Waals surface area contributed by atoms with Crippen LogP contribution in [0, 0.1) is 0 Å². The van der Waals surface area contributed by atoms with Gasteiger partial charge in [-0.05, 0) is 64.5 Å². The fourth-order valence-electron chi connectivity index (χ4n) is 3.40. The molecule has 2 aromatic rings. The standard InChI is InChI=1S/C23H28Br2N4O2/c1-28-10-11-29(2)15-17-5-7-21(25)19(23(17)31)13-27-9-3-8-26-12-18-20(24)6-4-16(14-28)22(18)30/h4-7,12-13,30-31H,3,8-11,14-15H2,1-2H3. The Bertz CT molecular complexity index is 901. The second-order valence-electron chi connectivity index (χ2n) is 7.84. The SMILES string of the molecule is CN1CCN(C)Cc2ccc(Br)c(c2O)C=NCCCN=Cc2c(Br)ccc(c2O)C1. The number of phenolic OH excluding ortho intramolecular Hbond substituents is 2. The van der Waals surface area contributed by atoms with Crippen molar-refractivity contribution in [3.8, 4) is 11.5 Å². The third kappa shape index (κ3) is 6.38. The number of fused-ring (bicyclic) bond motifs is 4. The Morgan fingerprint density at radius 2 is 1.16 bits per heavy atom. The number of hydrogen-bond donors (Lipinski definition) is 2. The van der Waals surface area contributed by atoms with Crippen molar-refractivity contribution in [3.05, 3.63) is 55.5 Å². The lowest BCUT2D eigenvalue weighted by Gasteiger charge is -2.23. The molecule has 2 aromatic carbocycles. The summed E-state index contributed by atoms with van der Waals surface area (Å²) in [6.07, 6.45) is 4.22. The van der Waals surface area contributed by atoms with Crippen LogP contribution in [-0.2, 0) is 13.1 Å². The van der Waals surface area contributed by atoms with Crippen LogP contribution in [0.15, 0.2) is 43.2 Å². The Morgan fingerprint density at radius 3 is 1.58 bits per heavy atom. The molecule has 1 aliphatic heterocycles. The van der Waals surface area contributed by atoms with Crippen molar-refractivity contribution in [2.45, 2.75) is 19.5 Å². The highest BCUT2D eigenvalue weighted by molar-refractivity contribution is 9.10. The molecule has 0 amide bonds. The lowest BCUT2D eigenvalue weighted by atomic mass is 10.1. The summed E-state index contributed by atoms with van der Waals surface area (Å²) >= 11 is 7.03. The maximum atomic E-state index is 10.8. The molecule has 3 rings (SSSR count). The van der Waals surface area contributed by atoms with Crippen LogP contribution in [0.4, 0.5) is 0 Å². The van der Waals surface area contributed by atoms with Gasteiger partial charge in [-0.1, -0.05) is 12.1 Å². The smallest absolute Gasteiger partial charge is 0.129 e. The number of hydrogen-bond acceptors (Lipinski definition) is 6. The van der Waals surface area contributed by atoms with Crippen molar-refractivity contribution in [2.75, 3.05) is 40.3 Å². The van der Waals surface area contributed by atoms with E-state index in [-0.39, 0.29) is 11.5 Å². The molecule has 8 heteroatoms. The van der Waals surface area contributed by atoms with E-state index in [0.717, 1.165) is 39.6 Å². The molecule has 1 heterocycles. The molecule has 1 aliphatic rings. The molecular weight excluding hydrogens is 524 g/mol. The minimum absolute atomic E-state index is 0.264. The summed E-state index contributed by atoms with van der Waals surface area (Å²) in [6.45, 7) is 4.11. The predicted octanol–water partition coefficient (Wildman–Crippen LogP) is 4.43. The lowest BCUT2D eigenvalue weighted by molar-refractivity contribution is 0.243. The van der Waals surface area contributed by atoms with Crippen LogP contribution in [-0.4, -0.2) is 72.7 Å². The fraction of sp³-hybridized carbons (Fsp3) is 0.391. The summed E-state index contributed by atoms with van der Waals surface area (Å²) in [5.74, 6) is 0.528. The summed E-state index contributed by atoms with van der Waals surface area (Å²) in [5, 5.41) is 21.5. The lowest BCUT2D eigenvalue weighted by Crippen LogP contribution is -2.30. The highest BCUT2D eigenvalue weighted by Crippen LogP contribution is 2.30. The van der Waals surface area contributed by atoms with Gasteiger partial charge in [0.2, 0.25) is 0 Å². The summed E-state index contributed by atoms with van der Waals surface area (Å²) < 4.78 is 1.65. The number of phenols is 2. The molecule has 0 spiro atoms. The van der Waals surface area contributed by atoms with E-state index >= 15 is 0 Å². The first kappa shape index (κ1) is 23.9. The normalized spacial score (nSPS) is 17.2. The van der Waals surface area contributed by atoms with Crippen molar-refractivity contribution in [1.82, 2.24) is 9.80 Å². The zero-order valence-corrected chi connectivity index (χ0v) is 21.0. The van der Waals surface area contributed by atoms with Crippen LogP contribution in [0.1, 0.15) is 28.7 Å². The van der Waals surface area contributed by atoms with Crippen molar-refractivity contribution >= 4 is 44.3 Å². The summed E-state index contributed by atoms with van der Waals surface area (Å²) in [4.78, 5) is 13.3. The van der Waals surface area contributed by atoms with Gasteiger partial charge in [0.05, 0.1) is 0 Å². The number of benzene rings is 2. The predicted molar refractivity (Wildman–Crippen MR) is 134 cm³/mol. The molecule has 0 fully saturated rings. The molecule has 0 saturated carbocycles. The molecular formula is C23H28Br2N4O2. The summed E-state index contributed by atoms with van der Waals surface area (Å²) in [7, 11) is 4.08. The molecule has 0 atom stereocenters. The van der Waals surface area contributed by atoms with E-state index in [1.54, 1.807) is 12.4 Å². The van der Waals surface area contributed by atoms with Gasteiger partial charge < -0.3 is 20.0 Å². The Hall–Kier alpha value is -1.74. The van der Waals surface area contributed by atoms with E-state index in [4.69, 9.17) is 0 Å². The molecule has 4 bridgehead atoms. The van der Waals surface area contributed by atoms with E-state index in [9.17, 15) is 10.2 Å². The number of rotatable bonds is 0. The molecule has 0 aliphatic carbocycles. The van der Waals surface area contributed by atoms with Gasteiger partial charge in [0.1, 0.15) is 11.5 Å². The van der Waals surface area contributed by atoms with Crippen LogP contribution in [0.25, 0.3) is 0 Å². The molecule has 2 N–H and O–H groups in total.